The first-order valence-corrected chi connectivity index (χ1v) is 10.2. The molecule has 160 valence electrons. The van der Waals surface area contributed by atoms with E-state index in [1.54, 1.807) is 4.90 Å². The van der Waals surface area contributed by atoms with Crippen LogP contribution in [-0.4, -0.2) is 69.6 Å². The number of hydrogen-bond donors (Lipinski definition) is 3. The van der Waals surface area contributed by atoms with E-state index in [9.17, 15) is 9.59 Å². The molecule has 3 aromatic rings. The summed E-state index contributed by atoms with van der Waals surface area (Å²) in [6.07, 6.45) is 0. The predicted octanol–water partition coefficient (Wildman–Crippen LogP) is 2.57. The molecule has 0 atom stereocenters. The maximum Gasteiger partial charge on any atom is 0.321 e. The van der Waals surface area contributed by atoms with Gasteiger partial charge in [-0.3, -0.25) is 14.8 Å². The summed E-state index contributed by atoms with van der Waals surface area (Å²) in [5.74, 6) is 1.28. The molecular weight excluding hydrogens is 394 g/mol. The van der Waals surface area contributed by atoms with Crippen LogP contribution in [0.4, 0.5) is 16.2 Å². The number of amides is 3. The van der Waals surface area contributed by atoms with E-state index in [0.29, 0.717) is 44.2 Å². The second-order valence-corrected chi connectivity index (χ2v) is 7.43. The molecule has 2 heterocycles. The highest BCUT2D eigenvalue weighted by Gasteiger charge is 2.22. The predicted molar refractivity (Wildman–Crippen MR) is 119 cm³/mol. The number of aromatic amines is 1. The Morgan fingerprint density at radius 2 is 1.71 bits per heavy atom. The molecule has 0 bridgehead atoms. The van der Waals surface area contributed by atoms with Crippen molar-refractivity contribution in [2.45, 2.75) is 6.92 Å². The molecule has 1 aliphatic rings. The van der Waals surface area contributed by atoms with Crippen molar-refractivity contribution in [3.8, 4) is 11.4 Å². The van der Waals surface area contributed by atoms with Gasteiger partial charge in [0.1, 0.15) is 5.82 Å². The van der Waals surface area contributed by atoms with Gasteiger partial charge in [0.2, 0.25) is 5.91 Å². The molecule has 1 saturated heterocycles. The molecule has 9 heteroatoms. The van der Waals surface area contributed by atoms with Gasteiger partial charge in [-0.2, -0.15) is 5.10 Å². The van der Waals surface area contributed by atoms with Crippen LogP contribution < -0.4 is 10.6 Å². The topological polar surface area (TPSA) is 106 Å². The van der Waals surface area contributed by atoms with E-state index in [1.807, 2.05) is 66.4 Å². The summed E-state index contributed by atoms with van der Waals surface area (Å²) in [7, 11) is 0. The fraction of sp³-hybridized carbons (Fsp3) is 0.273. The largest absolute Gasteiger partial charge is 0.325 e. The van der Waals surface area contributed by atoms with Gasteiger partial charge >= 0.3 is 6.03 Å². The van der Waals surface area contributed by atoms with Crippen LogP contribution in [0.5, 0.6) is 0 Å². The summed E-state index contributed by atoms with van der Waals surface area (Å²) in [5.41, 5.74) is 2.30. The van der Waals surface area contributed by atoms with Crippen molar-refractivity contribution in [2.75, 3.05) is 43.4 Å². The highest BCUT2D eigenvalue weighted by molar-refractivity contribution is 5.92. The quantitative estimate of drug-likeness (QED) is 0.589. The van der Waals surface area contributed by atoms with E-state index in [4.69, 9.17) is 0 Å². The fourth-order valence-corrected chi connectivity index (χ4v) is 3.44. The third kappa shape index (κ3) is 5.46. The van der Waals surface area contributed by atoms with E-state index in [1.165, 1.54) is 0 Å². The van der Waals surface area contributed by atoms with Crippen LogP contribution in [0.2, 0.25) is 0 Å². The molecule has 0 unspecified atom stereocenters. The number of aryl methyl sites for hydroxylation is 1. The molecule has 3 amide bonds. The first-order valence-electron chi connectivity index (χ1n) is 10.2. The molecule has 31 heavy (non-hydrogen) atoms. The standard InChI is InChI=1S/C22H25N7O2/c1-16-23-21(27-26-16)17-6-5-9-19(14-17)25-22(31)29-12-10-28(11-13-29)15-20(30)24-18-7-3-2-4-8-18/h2-9,14H,10-13,15H2,1H3,(H,24,30)(H,25,31)(H,23,26,27). The number of hydrogen-bond acceptors (Lipinski definition) is 5. The van der Waals surface area contributed by atoms with E-state index in [0.717, 1.165) is 17.1 Å². The first kappa shape index (κ1) is 20.5. The molecule has 4 rings (SSSR count). The van der Waals surface area contributed by atoms with E-state index < -0.39 is 0 Å². The third-order valence-corrected chi connectivity index (χ3v) is 5.05. The minimum Gasteiger partial charge on any atom is -0.325 e. The highest BCUT2D eigenvalue weighted by atomic mass is 16.2. The van der Waals surface area contributed by atoms with Crippen LogP contribution in [0.1, 0.15) is 5.82 Å². The molecule has 0 radical (unpaired) electrons. The molecule has 0 saturated carbocycles. The highest BCUT2D eigenvalue weighted by Crippen LogP contribution is 2.20. The number of anilines is 2. The molecule has 1 aliphatic heterocycles. The van der Waals surface area contributed by atoms with Gasteiger partial charge in [-0.25, -0.2) is 9.78 Å². The lowest BCUT2D eigenvalue weighted by atomic mass is 10.2. The number of carbonyl (C=O) groups excluding carboxylic acids is 2. The Morgan fingerprint density at radius 3 is 2.42 bits per heavy atom. The molecule has 2 aromatic carbocycles. The van der Waals surface area contributed by atoms with Gasteiger partial charge in [0.15, 0.2) is 5.82 Å². The Morgan fingerprint density at radius 1 is 0.968 bits per heavy atom. The molecule has 0 spiro atoms. The normalized spacial score (nSPS) is 14.3. The average Bonchev–Trinajstić information content (AvgIpc) is 3.21. The smallest absolute Gasteiger partial charge is 0.321 e. The Kier molecular flexibility index (Phi) is 6.23. The van der Waals surface area contributed by atoms with Gasteiger partial charge in [-0.1, -0.05) is 30.3 Å². The number of aromatic nitrogens is 3. The summed E-state index contributed by atoms with van der Waals surface area (Å²) in [4.78, 5) is 33.0. The third-order valence-electron chi connectivity index (χ3n) is 5.05. The summed E-state index contributed by atoms with van der Waals surface area (Å²) in [6, 6.07) is 16.7. The van der Waals surface area contributed by atoms with Crippen molar-refractivity contribution < 1.29 is 9.59 Å². The van der Waals surface area contributed by atoms with Crippen molar-refractivity contribution in [3.63, 3.8) is 0 Å². The number of nitrogens with zero attached hydrogens (tertiary/aromatic N) is 4. The van der Waals surface area contributed by atoms with Crippen molar-refractivity contribution in [1.82, 2.24) is 25.0 Å². The van der Waals surface area contributed by atoms with Gasteiger partial charge in [0.05, 0.1) is 6.54 Å². The molecule has 1 fully saturated rings. The van der Waals surface area contributed by atoms with E-state index in [-0.39, 0.29) is 11.9 Å². The molecular formula is C22H25N7O2. The number of H-pyrrole nitrogens is 1. The lowest BCUT2D eigenvalue weighted by Crippen LogP contribution is -2.51. The van der Waals surface area contributed by atoms with Crippen molar-refractivity contribution >= 4 is 23.3 Å². The zero-order valence-corrected chi connectivity index (χ0v) is 17.3. The molecule has 1 aromatic heterocycles. The zero-order chi connectivity index (χ0) is 21.6. The number of piperazine rings is 1. The van der Waals surface area contributed by atoms with Gasteiger partial charge in [0.25, 0.3) is 0 Å². The van der Waals surface area contributed by atoms with Gasteiger partial charge in [-0.15, -0.1) is 0 Å². The SMILES string of the molecule is Cc1nc(-c2cccc(NC(=O)N3CCN(CC(=O)Nc4ccccc4)CC3)c2)n[nH]1. The molecule has 3 N–H and O–H groups in total. The number of urea groups is 1. The number of carbonyl (C=O) groups is 2. The maximum absolute atomic E-state index is 12.7. The molecule has 9 nitrogen and oxygen atoms in total. The Labute approximate surface area is 180 Å². The number of nitrogens with one attached hydrogen (secondary N) is 3. The monoisotopic (exact) mass is 419 g/mol. The average molecular weight is 419 g/mol. The Balaban J connectivity index is 1.26. The van der Waals surface area contributed by atoms with Crippen LogP contribution in [-0.2, 0) is 4.79 Å². The van der Waals surface area contributed by atoms with Gasteiger partial charge < -0.3 is 15.5 Å². The lowest BCUT2D eigenvalue weighted by Gasteiger charge is -2.34. The van der Waals surface area contributed by atoms with Crippen molar-refractivity contribution in [2.24, 2.45) is 0 Å². The maximum atomic E-state index is 12.7. The Hall–Kier alpha value is -3.72. The van der Waals surface area contributed by atoms with Crippen LogP contribution in [0, 0.1) is 6.92 Å². The summed E-state index contributed by atoms with van der Waals surface area (Å²) >= 11 is 0. The minimum absolute atomic E-state index is 0.0527. The lowest BCUT2D eigenvalue weighted by molar-refractivity contribution is -0.117. The van der Waals surface area contributed by atoms with Crippen molar-refractivity contribution in [3.05, 3.63) is 60.4 Å². The van der Waals surface area contributed by atoms with Gasteiger partial charge in [0, 0.05) is 43.1 Å². The second kappa shape index (κ2) is 9.40. The summed E-state index contributed by atoms with van der Waals surface area (Å²) < 4.78 is 0. The minimum atomic E-state index is -0.156. The molecule has 0 aliphatic carbocycles. The second-order valence-electron chi connectivity index (χ2n) is 7.43. The number of para-hydroxylation sites is 1. The van der Waals surface area contributed by atoms with Crippen LogP contribution in [0.25, 0.3) is 11.4 Å². The zero-order valence-electron chi connectivity index (χ0n) is 17.3. The number of benzene rings is 2. The summed E-state index contributed by atoms with van der Waals surface area (Å²) in [6.45, 7) is 4.56. The van der Waals surface area contributed by atoms with Gasteiger partial charge in [-0.05, 0) is 31.2 Å². The van der Waals surface area contributed by atoms with Crippen LogP contribution in [0.3, 0.4) is 0 Å². The van der Waals surface area contributed by atoms with Crippen LogP contribution >= 0.6 is 0 Å². The number of rotatable bonds is 5. The first-order chi connectivity index (χ1) is 15.1. The van der Waals surface area contributed by atoms with E-state index in [2.05, 4.69) is 25.8 Å². The van der Waals surface area contributed by atoms with E-state index >= 15 is 0 Å². The van der Waals surface area contributed by atoms with Crippen molar-refractivity contribution in [1.29, 1.82) is 0 Å². The Bertz CT molecular complexity index is 1040. The van der Waals surface area contributed by atoms with Crippen LogP contribution in [0.15, 0.2) is 54.6 Å². The fourth-order valence-electron chi connectivity index (χ4n) is 3.44. The summed E-state index contributed by atoms with van der Waals surface area (Å²) in [5, 5.41) is 12.8.